The highest BCUT2D eigenvalue weighted by molar-refractivity contribution is 7.15. The Balaban J connectivity index is 1.79. The van der Waals surface area contributed by atoms with E-state index in [0.717, 1.165) is 0 Å². The van der Waals surface area contributed by atoms with Crippen LogP contribution in [0.25, 0.3) is 11.0 Å². The van der Waals surface area contributed by atoms with E-state index in [-0.39, 0.29) is 22.3 Å². The molecule has 4 aromatic rings. The van der Waals surface area contributed by atoms with Gasteiger partial charge < -0.3 is 18.6 Å². The zero-order chi connectivity index (χ0) is 23.3. The average Bonchev–Trinajstić information content (AvgIpc) is 3.39. The zero-order valence-electron chi connectivity index (χ0n) is 18.2. The number of aryl methyl sites for hydroxylation is 1. The van der Waals surface area contributed by atoms with Crippen molar-refractivity contribution in [1.82, 2.24) is 10.2 Å². The fourth-order valence-corrected chi connectivity index (χ4v) is 4.71. The first kappa shape index (κ1) is 21.0. The van der Waals surface area contributed by atoms with Crippen molar-refractivity contribution in [2.24, 2.45) is 0 Å². The van der Waals surface area contributed by atoms with Gasteiger partial charge in [-0.1, -0.05) is 17.4 Å². The molecule has 1 aliphatic heterocycles. The molecule has 0 unspecified atom stereocenters. The molecule has 0 fully saturated rings. The monoisotopic (exact) mass is 465 g/mol. The lowest BCUT2D eigenvalue weighted by molar-refractivity contribution is 0.0970. The Labute approximate surface area is 192 Å². The van der Waals surface area contributed by atoms with Crippen molar-refractivity contribution in [2.45, 2.75) is 13.0 Å². The molecule has 1 amide bonds. The molecule has 2 aromatic carbocycles. The number of aromatic nitrogens is 2. The molecule has 0 aliphatic carbocycles. The van der Waals surface area contributed by atoms with Gasteiger partial charge in [-0.25, -0.2) is 0 Å². The van der Waals surface area contributed by atoms with Crippen LogP contribution in [0.2, 0.25) is 0 Å². The normalized spacial score (nSPS) is 15.1. The highest BCUT2D eigenvalue weighted by Gasteiger charge is 2.45. The van der Waals surface area contributed by atoms with E-state index >= 15 is 0 Å². The van der Waals surface area contributed by atoms with E-state index in [9.17, 15) is 9.59 Å². The number of benzene rings is 2. The molecule has 168 valence electrons. The third-order valence-corrected chi connectivity index (χ3v) is 6.36. The van der Waals surface area contributed by atoms with Gasteiger partial charge in [-0.15, -0.1) is 10.2 Å². The molecule has 33 heavy (non-hydrogen) atoms. The summed E-state index contributed by atoms with van der Waals surface area (Å²) >= 11 is 1.25. The summed E-state index contributed by atoms with van der Waals surface area (Å²) in [5.41, 5.74) is 0.851. The molecule has 0 spiro atoms. The molecule has 1 atom stereocenters. The maximum Gasteiger partial charge on any atom is 0.297 e. The minimum absolute atomic E-state index is 0.0339. The fourth-order valence-electron chi connectivity index (χ4n) is 4.00. The van der Waals surface area contributed by atoms with Crippen LogP contribution in [-0.2, 0) is 0 Å². The van der Waals surface area contributed by atoms with E-state index in [1.807, 2.05) is 0 Å². The van der Waals surface area contributed by atoms with Crippen molar-refractivity contribution in [3.63, 3.8) is 0 Å². The first-order valence-corrected chi connectivity index (χ1v) is 10.8. The maximum absolute atomic E-state index is 13.6. The van der Waals surface area contributed by atoms with Crippen molar-refractivity contribution < 1.29 is 23.4 Å². The molecule has 0 saturated carbocycles. The molecule has 9 nitrogen and oxygen atoms in total. The molecule has 0 N–H and O–H groups in total. The quantitative estimate of drug-likeness (QED) is 0.439. The summed E-state index contributed by atoms with van der Waals surface area (Å²) in [7, 11) is 4.58. The molecule has 1 aliphatic rings. The molecule has 0 saturated heterocycles. The fraction of sp³-hybridized carbons (Fsp3) is 0.217. The Bertz CT molecular complexity index is 1460. The molecular weight excluding hydrogens is 446 g/mol. The van der Waals surface area contributed by atoms with Crippen molar-refractivity contribution in [1.29, 1.82) is 0 Å². The van der Waals surface area contributed by atoms with Crippen molar-refractivity contribution in [3.8, 4) is 17.2 Å². The Morgan fingerprint density at radius 2 is 1.76 bits per heavy atom. The van der Waals surface area contributed by atoms with Crippen molar-refractivity contribution in [3.05, 3.63) is 68.5 Å². The Morgan fingerprint density at radius 3 is 2.42 bits per heavy atom. The van der Waals surface area contributed by atoms with Gasteiger partial charge in [-0.2, -0.15) is 0 Å². The van der Waals surface area contributed by atoms with E-state index < -0.39 is 11.9 Å². The van der Waals surface area contributed by atoms with Crippen LogP contribution in [0.1, 0.15) is 32.7 Å². The zero-order valence-corrected chi connectivity index (χ0v) is 19.1. The molecule has 0 bridgehead atoms. The van der Waals surface area contributed by atoms with Crippen LogP contribution in [0.15, 0.2) is 45.6 Å². The van der Waals surface area contributed by atoms with E-state index in [1.54, 1.807) is 43.3 Å². The van der Waals surface area contributed by atoms with Crippen LogP contribution in [-0.4, -0.2) is 37.4 Å². The van der Waals surface area contributed by atoms with Gasteiger partial charge in [-0.3, -0.25) is 14.5 Å². The van der Waals surface area contributed by atoms with Gasteiger partial charge in [0, 0.05) is 6.07 Å². The molecule has 10 heteroatoms. The highest BCUT2D eigenvalue weighted by atomic mass is 32.1. The summed E-state index contributed by atoms with van der Waals surface area (Å²) in [4.78, 5) is 28.6. The maximum atomic E-state index is 13.6. The first-order valence-electron chi connectivity index (χ1n) is 9.97. The number of carbonyl (C=O) groups is 1. The van der Waals surface area contributed by atoms with Gasteiger partial charge in [-0.05, 0) is 36.8 Å². The average molecular weight is 465 g/mol. The highest BCUT2D eigenvalue weighted by Crippen LogP contribution is 2.44. The molecule has 5 rings (SSSR count). The SMILES string of the molecule is COc1ccc2c(=O)c3c(oc2c1)C(=O)N(c1nnc(C)s1)[C@H]3c1ccc(OC)c(OC)c1. The summed E-state index contributed by atoms with van der Waals surface area (Å²) in [6, 6.07) is 9.38. The summed E-state index contributed by atoms with van der Waals surface area (Å²) < 4.78 is 22.0. The summed E-state index contributed by atoms with van der Waals surface area (Å²) in [6.07, 6.45) is 0. The topological polar surface area (TPSA) is 104 Å². The molecule has 0 radical (unpaired) electrons. The van der Waals surface area contributed by atoms with Crippen LogP contribution in [0.4, 0.5) is 5.13 Å². The molecular formula is C23H19N3O6S. The number of nitrogens with zero attached hydrogens (tertiary/aromatic N) is 3. The van der Waals surface area contributed by atoms with Crippen LogP contribution >= 0.6 is 11.3 Å². The van der Waals surface area contributed by atoms with Gasteiger partial charge in [0.05, 0.1) is 38.3 Å². The summed E-state index contributed by atoms with van der Waals surface area (Å²) in [5.74, 6) is 1.01. The minimum atomic E-state index is -0.776. The van der Waals surface area contributed by atoms with E-state index in [0.29, 0.717) is 38.3 Å². The smallest absolute Gasteiger partial charge is 0.297 e. The lowest BCUT2D eigenvalue weighted by atomic mass is 9.98. The number of methoxy groups -OCH3 is 3. The van der Waals surface area contributed by atoms with E-state index in [2.05, 4.69) is 10.2 Å². The van der Waals surface area contributed by atoms with Crippen LogP contribution in [0, 0.1) is 6.92 Å². The number of hydrogen-bond donors (Lipinski definition) is 0. The number of anilines is 1. The van der Waals surface area contributed by atoms with Crippen LogP contribution < -0.4 is 24.5 Å². The second kappa shape index (κ2) is 7.89. The largest absolute Gasteiger partial charge is 0.497 e. The number of hydrogen-bond acceptors (Lipinski definition) is 9. The number of amides is 1. The third kappa shape index (κ3) is 3.21. The lowest BCUT2D eigenvalue weighted by Gasteiger charge is -2.23. The van der Waals surface area contributed by atoms with Crippen molar-refractivity contribution >= 4 is 33.3 Å². The minimum Gasteiger partial charge on any atom is -0.497 e. The van der Waals surface area contributed by atoms with Gasteiger partial charge in [0.2, 0.25) is 10.9 Å². The predicted molar refractivity (Wildman–Crippen MR) is 122 cm³/mol. The number of ether oxygens (including phenoxy) is 3. The second-order valence-electron chi connectivity index (χ2n) is 7.33. The molecule has 2 aromatic heterocycles. The third-order valence-electron chi connectivity index (χ3n) is 5.52. The first-order chi connectivity index (χ1) is 16.0. The Hall–Kier alpha value is -3.92. The summed E-state index contributed by atoms with van der Waals surface area (Å²) in [5, 5.41) is 9.62. The van der Waals surface area contributed by atoms with Crippen molar-refractivity contribution in [2.75, 3.05) is 26.2 Å². The van der Waals surface area contributed by atoms with Gasteiger partial charge >= 0.3 is 0 Å². The van der Waals surface area contributed by atoms with E-state index in [1.165, 1.54) is 37.6 Å². The standard InChI is InChI=1S/C23H19N3O6S/c1-11-24-25-23(33-11)26-19(12-5-8-15(30-3)17(9-12)31-4)18-20(27)14-7-6-13(29-2)10-16(14)32-21(18)22(26)28/h5-10,19H,1-4H3/t19-/m0/s1. The second-order valence-corrected chi connectivity index (χ2v) is 8.49. The van der Waals surface area contributed by atoms with Crippen LogP contribution in [0.5, 0.6) is 17.2 Å². The lowest BCUT2D eigenvalue weighted by Crippen LogP contribution is -2.29. The predicted octanol–water partition coefficient (Wildman–Crippen LogP) is 3.73. The van der Waals surface area contributed by atoms with Gasteiger partial charge in [0.15, 0.2) is 16.9 Å². The Morgan fingerprint density at radius 1 is 0.970 bits per heavy atom. The number of rotatable bonds is 5. The number of carbonyl (C=O) groups excluding carboxylic acids is 1. The van der Waals surface area contributed by atoms with Gasteiger partial charge in [0.1, 0.15) is 16.3 Å². The van der Waals surface area contributed by atoms with Crippen LogP contribution in [0.3, 0.4) is 0 Å². The molecule has 3 heterocycles. The summed E-state index contributed by atoms with van der Waals surface area (Å²) in [6.45, 7) is 1.80. The van der Waals surface area contributed by atoms with Gasteiger partial charge in [0.25, 0.3) is 5.91 Å². The number of fused-ring (bicyclic) bond motifs is 2. The van der Waals surface area contributed by atoms with E-state index in [4.69, 9.17) is 18.6 Å². The Kier molecular flexibility index (Phi) is 5.01.